The number of hydrogen-bond donors (Lipinski definition) is 0. The average molecular weight is 255 g/mol. The van der Waals surface area contributed by atoms with Gasteiger partial charge >= 0.3 is 0 Å². The molecule has 0 aliphatic rings. The summed E-state index contributed by atoms with van der Waals surface area (Å²) >= 11 is 1.77. The lowest BCUT2D eigenvalue weighted by atomic mass is 10.1. The molecule has 1 aromatic carbocycles. The summed E-state index contributed by atoms with van der Waals surface area (Å²) in [6.45, 7) is 2.11. The second kappa shape index (κ2) is 6.64. The number of benzene rings is 1. The van der Waals surface area contributed by atoms with Crippen LogP contribution in [0.3, 0.4) is 0 Å². The Balaban J connectivity index is 2.97. The zero-order chi connectivity index (χ0) is 12.8. The number of aldehydes is 1. The molecule has 0 fully saturated rings. The fourth-order valence-corrected chi connectivity index (χ4v) is 2.62. The van der Waals surface area contributed by atoms with Crippen LogP contribution in [0.1, 0.15) is 23.7 Å². The predicted molar refractivity (Wildman–Crippen MR) is 72.7 cm³/mol. The average Bonchev–Trinajstić information content (AvgIpc) is 2.34. The first-order valence-electron chi connectivity index (χ1n) is 5.59. The summed E-state index contributed by atoms with van der Waals surface area (Å²) in [5.74, 6) is 0.621. The van der Waals surface area contributed by atoms with Crippen LogP contribution in [0, 0.1) is 5.82 Å². The van der Waals surface area contributed by atoms with Gasteiger partial charge < -0.3 is 4.90 Å². The molecular weight excluding hydrogens is 237 g/mol. The van der Waals surface area contributed by atoms with E-state index in [9.17, 15) is 9.18 Å². The third-order valence-corrected chi connectivity index (χ3v) is 3.54. The lowest BCUT2D eigenvalue weighted by molar-refractivity contribution is 0.112. The van der Waals surface area contributed by atoms with Crippen LogP contribution >= 0.6 is 11.8 Å². The molecule has 0 aliphatic heterocycles. The van der Waals surface area contributed by atoms with Crippen molar-refractivity contribution in [1.82, 2.24) is 0 Å². The zero-order valence-corrected chi connectivity index (χ0v) is 11.3. The predicted octanol–water partition coefficient (Wildman–Crippen LogP) is 3.22. The van der Waals surface area contributed by atoms with Gasteiger partial charge in [-0.2, -0.15) is 11.8 Å². The normalized spacial score (nSPS) is 12.2. The van der Waals surface area contributed by atoms with E-state index in [-0.39, 0.29) is 5.82 Å². The number of thioether (sulfide) groups is 1. The van der Waals surface area contributed by atoms with E-state index in [1.807, 2.05) is 11.9 Å². The lowest BCUT2D eigenvalue weighted by Crippen LogP contribution is -2.33. The number of anilines is 1. The SMILES string of the molecule is CCC(CSC)N(C)c1cc(F)cc(C=O)c1. The van der Waals surface area contributed by atoms with Crippen molar-refractivity contribution < 1.29 is 9.18 Å². The molecule has 1 unspecified atom stereocenters. The summed E-state index contributed by atoms with van der Waals surface area (Å²) in [4.78, 5) is 12.7. The quantitative estimate of drug-likeness (QED) is 0.728. The van der Waals surface area contributed by atoms with Crippen molar-refractivity contribution in [2.75, 3.05) is 24.0 Å². The molecule has 1 rings (SSSR count). The van der Waals surface area contributed by atoms with E-state index in [2.05, 4.69) is 13.2 Å². The highest BCUT2D eigenvalue weighted by atomic mass is 32.2. The molecular formula is C13H18FNOS. The number of rotatable bonds is 6. The topological polar surface area (TPSA) is 20.3 Å². The molecule has 0 heterocycles. The van der Waals surface area contributed by atoms with Gasteiger partial charge in [0.05, 0.1) is 0 Å². The van der Waals surface area contributed by atoms with Crippen LogP contribution < -0.4 is 4.90 Å². The Kier molecular flexibility index (Phi) is 5.48. The van der Waals surface area contributed by atoms with Gasteiger partial charge in [0.1, 0.15) is 12.1 Å². The molecule has 94 valence electrons. The summed E-state index contributed by atoms with van der Waals surface area (Å²) in [6.07, 6.45) is 3.72. The maximum Gasteiger partial charge on any atom is 0.150 e. The molecule has 0 radical (unpaired) electrons. The Morgan fingerprint density at radius 1 is 1.47 bits per heavy atom. The van der Waals surface area contributed by atoms with Crippen molar-refractivity contribution in [3.63, 3.8) is 0 Å². The van der Waals surface area contributed by atoms with E-state index < -0.39 is 0 Å². The van der Waals surface area contributed by atoms with Crippen LogP contribution in [0.25, 0.3) is 0 Å². The van der Waals surface area contributed by atoms with Gasteiger partial charge in [0.15, 0.2) is 0 Å². The van der Waals surface area contributed by atoms with Crippen molar-refractivity contribution in [1.29, 1.82) is 0 Å². The summed E-state index contributed by atoms with van der Waals surface area (Å²) in [6, 6.07) is 4.79. The largest absolute Gasteiger partial charge is 0.371 e. The first-order chi connectivity index (χ1) is 8.12. The second-order valence-electron chi connectivity index (χ2n) is 3.99. The van der Waals surface area contributed by atoms with Crippen molar-refractivity contribution in [3.05, 3.63) is 29.6 Å². The highest BCUT2D eigenvalue weighted by Gasteiger charge is 2.14. The minimum atomic E-state index is -0.365. The number of nitrogens with zero attached hydrogens (tertiary/aromatic N) is 1. The van der Waals surface area contributed by atoms with Crippen molar-refractivity contribution in [2.24, 2.45) is 0 Å². The minimum absolute atomic E-state index is 0.353. The molecule has 0 aromatic heterocycles. The molecule has 0 aliphatic carbocycles. The zero-order valence-electron chi connectivity index (χ0n) is 10.4. The van der Waals surface area contributed by atoms with Gasteiger partial charge in [0.2, 0.25) is 0 Å². The molecule has 17 heavy (non-hydrogen) atoms. The lowest BCUT2D eigenvalue weighted by Gasteiger charge is -2.29. The Labute approximate surface area is 106 Å². The van der Waals surface area contributed by atoms with Gasteiger partial charge in [0, 0.05) is 30.1 Å². The Morgan fingerprint density at radius 3 is 2.71 bits per heavy atom. The molecule has 0 amide bonds. The maximum atomic E-state index is 13.3. The summed E-state index contributed by atoms with van der Waals surface area (Å²) in [7, 11) is 1.94. The van der Waals surface area contributed by atoms with Crippen molar-refractivity contribution >= 4 is 23.7 Å². The molecule has 1 aromatic rings. The van der Waals surface area contributed by atoms with Crippen LogP contribution in [0.4, 0.5) is 10.1 Å². The van der Waals surface area contributed by atoms with E-state index in [0.29, 0.717) is 17.9 Å². The van der Waals surface area contributed by atoms with Gasteiger partial charge in [-0.15, -0.1) is 0 Å². The van der Waals surface area contributed by atoms with E-state index >= 15 is 0 Å². The molecule has 2 nitrogen and oxygen atoms in total. The fourth-order valence-electron chi connectivity index (χ4n) is 1.77. The number of carbonyl (C=O) groups excluding carboxylic acids is 1. The number of hydrogen-bond acceptors (Lipinski definition) is 3. The first-order valence-corrected chi connectivity index (χ1v) is 6.99. The summed E-state index contributed by atoms with van der Waals surface area (Å²) in [5, 5.41) is 0. The standard InChI is InChI=1S/C13H18FNOS/c1-4-12(9-17-3)15(2)13-6-10(8-16)5-11(14)7-13/h5-8,12H,4,9H2,1-3H3. The van der Waals surface area contributed by atoms with Crippen LogP contribution in [0.2, 0.25) is 0 Å². The monoisotopic (exact) mass is 255 g/mol. The van der Waals surface area contributed by atoms with Crippen LogP contribution in [-0.2, 0) is 0 Å². The van der Waals surface area contributed by atoms with Crippen LogP contribution in [-0.4, -0.2) is 31.4 Å². The maximum absolute atomic E-state index is 13.3. The van der Waals surface area contributed by atoms with Crippen molar-refractivity contribution in [2.45, 2.75) is 19.4 Å². The fraction of sp³-hybridized carbons (Fsp3) is 0.462. The van der Waals surface area contributed by atoms with Gasteiger partial charge in [-0.1, -0.05) is 6.92 Å². The summed E-state index contributed by atoms with van der Waals surface area (Å²) in [5.41, 5.74) is 1.14. The van der Waals surface area contributed by atoms with Gasteiger partial charge in [-0.3, -0.25) is 4.79 Å². The molecule has 0 saturated carbocycles. The summed E-state index contributed by atoms with van der Waals surface area (Å²) < 4.78 is 13.3. The van der Waals surface area contributed by atoms with Gasteiger partial charge in [-0.05, 0) is 30.9 Å². The second-order valence-corrected chi connectivity index (χ2v) is 4.90. The molecule has 0 N–H and O–H groups in total. The highest BCUT2D eigenvalue weighted by Crippen LogP contribution is 2.21. The van der Waals surface area contributed by atoms with E-state index in [1.54, 1.807) is 17.8 Å². The van der Waals surface area contributed by atoms with Crippen molar-refractivity contribution in [3.8, 4) is 0 Å². The Morgan fingerprint density at radius 2 is 2.18 bits per heavy atom. The van der Waals surface area contributed by atoms with E-state index in [4.69, 9.17) is 0 Å². The molecule has 1 atom stereocenters. The third-order valence-electron chi connectivity index (χ3n) is 2.83. The van der Waals surface area contributed by atoms with E-state index in [0.717, 1.165) is 17.9 Å². The Bertz CT molecular complexity index is 384. The molecule has 4 heteroatoms. The molecule has 0 bridgehead atoms. The van der Waals surface area contributed by atoms with Crippen LogP contribution in [0.5, 0.6) is 0 Å². The highest BCUT2D eigenvalue weighted by molar-refractivity contribution is 7.98. The molecule has 0 spiro atoms. The Hall–Kier alpha value is -1.03. The van der Waals surface area contributed by atoms with Crippen LogP contribution in [0.15, 0.2) is 18.2 Å². The number of carbonyl (C=O) groups is 1. The number of halogens is 1. The molecule has 0 saturated heterocycles. The third kappa shape index (κ3) is 3.73. The minimum Gasteiger partial charge on any atom is -0.371 e. The van der Waals surface area contributed by atoms with Gasteiger partial charge in [0.25, 0.3) is 0 Å². The van der Waals surface area contributed by atoms with Gasteiger partial charge in [-0.25, -0.2) is 4.39 Å². The first kappa shape index (κ1) is 14.0. The smallest absolute Gasteiger partial charge is 0.150 e. The van der Waals surface area contributed by atoms with E-state index in [1.165, 1.54) is 12.1 Å².